The molecule has 254 valence electrons. The quantitative estimate of drug-likeness (QED) is 0.0415. The van der Waals surface area contributed by atoms with Crippen molar-refractivity contribution < 1.29 is 24.3 Å². The van der Waals surface area contributed by atoms with Gasteiger partial charge in [-0.25, -0.2) is 0 Å². The van der Waals surface area contributed by atoms with Crippen LogP contribution in [0.5, 0.6) is 0 Å². The lowest BCUT2D eigenvalue weighted by molar-refractivity contribution is -0.131. The fraction of sp³-hybridized carbons (Fsp3) is 0.892. The number of hydrogen-bond acceptors (Lipinski definition) is 5. The summed E-state index contributed by atoms with van der Waals surface area (Å²) >= 11 is 0. The molecule has 0 aromatic carbocycles. The minimum Gasteiger partial charge on any atom is -0.394 e. The summed E-state index contributed by atoms with van der Waals surface area (Å²) < 4.78 is 4.93. The third-order valence-corrected chi connectivity index (χ3v) is 8.89. The standard InChI is InChI=1S/C37H71O5P/c1-2-3-4-5-6-7-8-12-15-18-21-24-27-30-34(39)31-28-25-22-19-16-13-10-9-11-14-17-20-23-26-29-32-35(40)37(42-43)36(41)33-38/h9,11,36-38,41H,2-8,10,12-33,43H2,1H3. The maximum Gasteiger partial charge on any atom is 0.164 e. The first-order valence-corrected chi connectivity index (χ1v) is 18.9. The molecule has 5 nitrogen and oxygen atoms in total. The molecule has 2 N–H and O–H groups in total. The van der Waals surface area contributed by atoms with Crippen molar-refractivity contribution in [3.8, 4) is 0 Å². The summed E-state index contributed by atoms with van der Waals surface area (Å²) in [5.41, 5.74) is 0. The molecule has 0 aromatic rings. The Balaban J connectivity index is 3.34. The molecule has 6 heteroatoms. The lowest BCUT2D eigenvalue weighted by Gasteiger charge is -2.18. The smallest absolute Gasteiger partial charge is 0.164 e. The molecule has 0 bridgehead atoms. The van der Waals surface area contributed by atoms with Crippen molar-refractivity contribution >= 4 is 21.0 Å². The molecule has 43 heavy (non-hydrogen) atoms. The fourth-order valence-electron chi connectivity index (χ4n) is 5.70. The molecule has 0 aromatic heterocycles. The van der Waals surface area contributed by atoms with Crippen molar-refractivity contribution in [3.63, 3.8) is 0 Å². The van der Waals surface area contributed by atoms with Crippen LogP contribution in [0.15, 0.2) is 12.2 Å². The number of allylic oxidation sites excluding steroid dienone is 2. The van der Waals surface area contributed by atoms with Gasteiger partial charge in [-0.1, -0.05) is 141 Å². The Morgan fingerprint density at radius 2 is 0.930 bits per heavy atom. The van der Waals surface area contributed by atoms with E-state index in [1.807, 2.05) is 9.47 Å². The van der Waals surface area contributed by atoms with Gasteiger partial charge in [0, 0.05) is 28.7 Å². The number of Topliss-reactive ketones (excluding diaryl/α,β-unsaturated/α-hetero) is 2. The summed E-state index contributed by atoms with van der Waals surface area (Å²) in [6, 6.07) is 0. The highest BCUT2D eigenvalue weighted by Crippen LogP contribution is 2.16. The molecule has 0 amide bonds. The highest BCUT2D eigenvalue weighted by Gasteiger charge is 2.25. The predicted octanol–water partition coefficient (Wildman–Crippen LogP) is 10.5. The van der Waals surface area contributed by atoms with Gasteiger partial charge in [0.2, 0.25) is 0 Å². The third-order valence-electron chi connectivity index (χ3n) is 8.60. The molecule has 0 spiro atoms. The second kappa shape index (κ2) is 34.3. The van der Waals surface area contributed by atoms with Gasteiger partial charge in [0.15, 0.2) is 5.78 Å². The van der Waals surface area contributed by atoms with Crippen LogP contribution < -0.4 is 0 Å². The molecule has 3 atom stereocenters. The van der Waals surface area contributed by atoms with Crippen LogP contribution >= 0.6 is 9.47 Å². The van der Waals surface area contributed by atoms with Gasteiger partial charge in [0.1, 0.15) is 18.0 Å². The van der Waals surface area contributed by atoms with E-state index >= 15 is 0 Å². The summed E-state index contributed by atoms with van der Waals surface area (Å²) in [6.07, 6.45) is 37.0. The molecule has 0 saturated heterocycles. The SMILES string of the molecule is CCCCCCCCCCCCCCCC(=O)CCCCCCCCC=CCCCCCCCC(=O)C(OP)C(O)CO. The summed E-state index contributed by atoms with van der Waals surface area (Å²) in [5.74, 6) is 0.336. The van der Waals surface area contributed by atoms with Crippen LogP contribution in [0.1, 0.15) is 193 Å². The van der Waals surface area contributed by atoms with Crippen LogP contribution in [0.2, 0.25) is 0 Å². The molecule has 0 aliphatic heterocycles. The second-order valence-electron chi connectivity index (χ2n) is 12.7. The summed E-state index contributed by atoms with van der Waals surface area (Å²) in [5, 5.41) is 18.6. The largest absolute Gasteiger partial charge is 0.394 e. The fourth-order valence-corrected chi connectivity index (χ4v) is 6.04. The molecule has 0 radical (unpaired) electrons. The van der Waals surface area contributed by atoms with E-state index in [-0.39, 0.29) is 5.78 Å². The number of carbonyl (C=O) groups is 2. The molecule has 0 rings (SSSR count). The zero-order valence-electron chi connectivity index (χ0n) is 28.2. The van der Waals surface area contributed by atoms with Crippen molar-refractivity contribution in [2.45, 2.75) is 205 Å². The van der Waals surface area contributed by atoms with Crippen LogP contribution in [0.3, 0.4) is 0 Å². The minimum atomic E-state index is -1.15. The highest BCUT2D eigenvalue weighted by atomic mass is 31.0. The molecular weight excluding hydrogens is 555 g/mol. The predicted molar refractivity (Wildman–Crippen MR) is 186 cm³/mol. The van der Waals surface area contributed by atoms with Crippen molar-refractivity contribution in [2.24, 2.45) is 0 Å². The minimum absolute atomic E-state index is 0.148. The van der Waals surface area contributed by atoms with Crippen molar-refractivity contribution in [1.29, 1.82) is 0 Å². The molecule has 0 aliphatic carbocycles. The molecule has 0 heterocycles. The van der Waals surface area contributed by atoms with E-state index in [0.717, 1.165) is 51.4 Å². The van der Waals surface area contributed by atoms with Crippen LogP contribution in [-0.2, 0) is 14.1 Å². The first-order chi connectivity index (χ1) is 21.1. The molecule has 3 unspecified atom stereocenters. The second-order valence-corrected chi connectivity index (χ2v) is 13.0. The molecule has 0 saturated carbocycles. The maximum atomic E-state index is 12.1. The molecule has 0 aliphatic rings. The lowest BCUT2D eigenvalue weighted by atomic mass is 10.0. The van der Waals surface area contributed by atoms with E-state index in [1.165, 1.54) is 128 Å². The van der Waals surface area contributed by atoms with Crippen molar-refractivity contribution in [3.05, 3.63) is 12.2 Å². The van der Waals surface area contributed by atoms with Crippen molar-refractivity contribution in [1.82, 2.24) is 0 Å². The van der Waals surface area contributed by atoms with Gasteiger partial charge in [0.05, 0.1) is 6.61 Å². The Bertz CT molecular complexity index is 638. The monoisotopic (exact) mass is 627 g/mol. The number of ketones is 2. The van der Waals surface area contributed by atoms with Gasteiger partial charge in [-0.3, -0.25) is 9.59 Å². The number of aliphatic hydroxyl groups is 2. The first kappa shape index (κ1) is 42.4. The number of hydrogen-bond donors (Lipinski definition) is 2. The average Bonchev–Trinajstić information content (AvgIpc) is 3.01. The number of rotatable bonds is 35. The van der Waals surface area contributed by atoms with E-state index in [0.29, 0.717) is 12.2 Å². The van der Waals surface area contributed by atoms with E-state index in [4.69, 9.17) is 9.63 Å². The van der Waals surface area contributed by atoms with E-state index in [9.17, 15) is 14.7 Å². The van der Waals surface area contributed by atoms with Crippen LogP contribution in [0, 0.1) is 0 Å². The van der Waals surface area contributed by atoms with Gasteiger partial charge in [0.25, 0.3) is 0 Å². The zero-order valence-corrected chi connectivity index (χ0v) is 29.4. The summed E-state index contributed by atoms with van der Waals surface area (Å²) in [6.45, 7) is 1.81. The Kier molecular flexibility index (Phi) is 33.8. The normalized spacial score (nSPS) is 13.1. The van der Waals surface area contributed by atoms with E-state index in [1.54, 1.807) is 0 Å². The number of carbonyl (C=O) groups excluding carboxylic acids is 2. The van der Waals surface area contributed by atoms with Crippen LogP contribution in [-0.4, -0.2) is 40.6 Å². The van der Waals surface area contributed by atoms with Crippen LogP contribution in [0.25, 0.3) is 0 Å². The lowest BCUT2D eigenvalue weighted by Crippen LogP contribution is -2.36. The van der Waals surface area contributed by atoms with Gasteiger partial charge in [-0.15, -0.1) is 0 Å². The first-order valence-electron chi connectivity index (χ1n) is 18.4. The number of unbranched alkanes of at least 4 members (excludes halogenated alkanes) is 23. The van der Waals surface area contributed by atoms with Crippen molar-refractivity contribution in [2.75, 3.05) is 6.61 Å². The topological polar surface area (TPSA) is 83.8 Å². The number of aliphatic hydroxyl groups excluding tert-OH is 2. The Morgan fingerprint density at radius 1 is 0.581 bits per heavy atom. The van der Waals surface area contributed by atoms with Gasteiger partial charge < -0.3 is 14.7 Å². The average molecular weight is 627 g/mol. The zero-order chi connectivity index (χ0) is 31.6. The Hall–Kier alpha value is -0.610. The van der Waals surface area contributed by atoms with Gasteiger partial charge >= 0.3 is 0 Å². The Morgan fingerprint density at radius 3 is 1.30 bits per heavy atom. The van der Waals surface area contributed by atoms with Gasteiger partial charge in [-0.05, 0) is 44.9 Å². The third kappa shape index (κ3) is 29.8. The van der Waals surface area contributed by atoms with Gasteiger partial charge in [-0.2, -0.15) is 0 Å². The molecule has 0 fully saturated rings. The summed E-state index contributed by atoms with van der Waals surface area (Å²) in [4.78, 5) is 24.2. The maximum absolute atomic E-state index is 12.1. The molecular formula is C37H71O5P. The van der Waals surface area contributed by atoms with E-state index in [2.05, 4.69) is 19.1 Å². The van der Waals surface area contributed by atoms with E-state index < -0.39 is 18.8 Å². The summed E-state index contributed by atoms with van der Waals surface area (Å²) in [7, 11) is 2.00. The van der Waals surface area contributed by atoms with Crippen LogP contribution in [0.4, 0.5) is 0 Å². The highest BCUT2D eigenvalue weighted by molar-refractivity contribution is 7.09. The Labute approximate surface area is 269 Å².